The molecule has 1 aromatic heterocycles. The number of pyridine rings is 1. The van der Waals surface area contributed by atoms with Gasteiger partial charge in [-0.25, -0.2) is 13.1 Å². The maximum absolute atomic E-state index is 12.4. The summed E-state index contributed by atoms with van der Waals surface area (Å²) in [6.45, 7) is 5.70. The zero-order valence-corrected chi connectivity index (χ0v) is 15.2. The van der Waals surface area contributed by atoms with Crippen LogP contribution < -0.4 is 10.3 Å². The number of hydrogen-bond acceptors (Lipinski definition) is 3. The van der Waals surface area contributed by atoms with E-state index in [2.05, 4.69) is 9.71 Å². The number of sulfonamides is 1. The smallest absolute Gasteiger partial charge is 0.252 e. The first kappa shape index (κ1) is 17.4. The molecular formula is C19H20N2O3S. The van der Waals surface area contributed by atoms with Crippen molar-refractivity contribution in [1.29, 1.82) is 0 Å². The van der Waals surface area contributed by atoms with Gasteiger partial charge >= 0.3 is 0 Å². The number of aryl methyl sites for hydroxylation is 3. The molecular weight excluding hydrogens is 336 g/mol. The molecule has 5 nitrogen and oxygen atoms in total. The second-order valence-electron chi connectivity index (χ2n) is 6.24. The summed E-state index contributed by atoms with van der Waals surface area (Å²) in [6.07, 6.45) is 0. The van der Waals surface area contributed by atoms with Crippen LogP contribution in [0.2, 0.25) is 0 Å². The molecule has 0 amide bonds. The van der Waals surface area contributed by atoms with E-state index in [9.17, 15) is 13.2 Å². The third-order valence-corrected chi connectivity index (χ3v) is 5.78. The van der Waals surface area contributed by atoms with Gasteiger partial charge in [0.2, 0.25) is 10.0 Å². The molecule has 1 heterocycles. The van der Waals surface area contributed by atoms with E-state index in [0.29, 0.717) is 5.56 Å². The van der Waals surface area contributed by atoms with Crippen molar-refractivity contribution in [2.75, 3.05) is 0 Å². The number of aromatic amines is 1. The lowest BCUT2D eigenvalue weighted by Gasteiger charge is -2.10. The fraction of sp³-hybridized carbons (Fsp3) is 0.211. The van der Waals surface area contributed by atoms with E-state index in [-0.39, 0.29) is 17.0 Å². The highest BCUT2D eigenvalue weighted by Gasteiger charge is 2.15. The quantitative estimate of drug-likeness (QED) is 0.754. The Labute approximate surface area is 146 Å². The van der Waals surface area contributed by atoms with Crippen LogP contribution in [0.1, 0.15) is 22.3 Å². The maximum atomic E-state index is 12.4. The van der Waals surface area contributed by atoms with Crippen LogP contribution in [0.25, 0.3) is 10.9 Å². The van der Waals surface area contributed by atoms with Gasteiger partial charge in [-0.15, -0.1) is 0 Å². The van der Waals surface area contributed by atoms with E-state index in [1.54, 1.807) is 18.2 Å². The highest BCUT2D eigenvalue weighted by atomic mass is 32.2. The van der Waals surface area contributed by atoms with Crippen LogP contribution in [-0.2, 0) is 16.6 Å². The molecule has 2 N–H and O–H groups in total. The van der Waals surface area contributed by atoms with Gasteiger partial charge in [0.1, 0.15) is 0 Å². The van der Waals surface area contributed by atoms with E-state index >= 15 is 0 Å². The maximum Gasteiger partial charge on any atom is 0.252 e. The van der Waals surface area contributed by atoms with Gasteiger partial charge in [0.05, 0.1) is 10.4 Å². The van der Waals surface area contributed by atoms with Crippen LogP contribution in [0.4, 0.5) is 0 Å². The van der Waals surface area contributed by atoms with Gasteiger partial charge in [-0.3, -0.25) is 4.79 Å². The summed E-state index contributed by atoms with van der Waals surface area (Å²) < 4.78 is 27.3. The number of hydrogen-bond donors (Lipinski definition) is 2. The van der Waals surface area contributed by atoms with Gasteiger partial charge in [-0.1, -0.05) is 24.3 Å². The van der Waals surface area contributed by atoms with Crippen molar-refractivity contribution in [2.24, 2.45) is 0 Å². The van der Waals surface area contributed by atoms with Gasteiger partial charge in [-0.05, 0) is 61.0 Å². The van der Waals surface area contributed by atoms with Crippen molar-refractivity contribution in [3.8, 4) is 0 Å². The molecule has 130 valence electrons. The van der Waals surface area contributed by atoms with E-state index in [1.807, 2.05) is 39.0 Å². The second-order valence-corrected chi connectivity index (χ2v) is 8.00. The number of H-pyrrole nitrogens is 1. The molecule has 0 spiro atoms. The highest BCUT2D eigenvalue weighted by molar-refractivity contribution is 7.89. The first-order valence-electron chi connectivity index (χ1n) is 7.96. The molecule has 6 heteroatoms. The molecule has 3 aromatic rings. The minimum Gasteiger partial charge on any atom is -0.321 e. The molecule has 25 heavy (non-hydrogen) atoms. The molecule has 2 aromatic carbocycles. The molecule has 0 saturated heterocycles. The number of benzene rings is 2. The zero-order valence-electron chi connectivity index (χ0n) is 14.4. The number of nitrogens with one attached hydrogen (secondary N) is 2. The minimum absolute atomic E-state index is 0.0610. The van der Waals surface area contributed by atoms with E-state index < -0.39 is 10.0 Å². The number of aromatic nitrogens is 1. The van der Waals surface area contributed by atoms with Crippen molar-refractivity contribution in [1.82, 2.24) is 9.71 Å². The van der Waals surface area contributed by atoms with E-state index in [4.69, 9.17) is 0 Å². The summed E-state index contributed by atoms with van der Waals surface area (Å²) in [5.74, 6) is 0. The molecule has 0 unspecified atom stereocenters. The highest BCUT2D eigenvalue weighted by Crippen LogP contribution is 2.19. The Morgan fingerprint density at radius 2 is 1.80 bits per heavy atom. The Kier molecular flexibility index (Phi) is 4.49. The summed E-state index contributed by atoms with van der Waals surface area (Å²) in [5, 5.41) is 0.882. The lowest BCUT2D eigenvalue weighted by molar-refractivity contribution is 0.581. The SMILES string of the molecule is Cc1cccc(S(=O)(=O)NCc2cc3ccc(C)c(C)c3[nH]c2=O)c1. The van der Waals surface area contributed by atoms with Crippen molar-refractivity contribution in [3.63, 3.8) is 0 Å². The summed E-state index contributed by atoms with van der Waals surface area (Å²) in [5.41, 5.74) is 3.85. The predicted octanol–water partition coefficient (Wildman–Crippen LogP) is 2.93. The lowest BCUT2D eigenvalue weighted by Crippen LogP contribution is -2.27. The lowest BCUT2D eigenvalue weighted by atomic mass is 10.0. The van der Waals surface area contributed by atoms with Gasteiger partial charge < -0.3 is 4.98 Å². The summed E-state index contributed by atoms with van der Waals surface area (Å²) in [6, 6.07) is 12.3. The topological polar surface area (TPSA) is 79.0 Å². The Bertz CT molecular complexity index is 1120. The fourth-order valence-corrected chi connectivity index (χ4v) is 3.85. The van der Waals surface area contributed by atoms with Gasteiger partial charge in [0, 0.05) is 12.1 Å². The molecule has 0 radical (unpaired) electrons. The largest absolute Gasteiger partial charge is 0.321 e. The Morgan fingerprint density at radius 1 is 1.04 bits per heavy atom. The molecule has 0 saturated carbocycles. The van der Waals surface area contributed by atoms with Crippen LogP contribution in [-0.4, -0.2) is 13.4 Å². The van der Waals surface area contributed by atoms with Gasteiger partial charge in [0.25, 0.3) is 5.56 Å². The molecule has 0 aliphatic heterocycles. The van der Waals surface area contributed by atoms with E-state index in [1.165, 1.54) is 6.07 Å². The monoisotopic (exact) mass is 356 g/mol. The molecule has 0 fully saturated rings. The van der Waals surface area contributed by atoms with Gasteiger partial charge in [0.15, 0.2) is 0 Å². The summed E-state index contributed by atoms with van der Waals surface area (Å²) >= 11 is 0. The molecule has 0 bridgehead atoms. The Morgan fingerprint density at radius 3 is 2.52 bits per heavy atom. The van der Waals surface area contributed by atoms with Gasteiger partial charge in [-0.2, -0.15) is 0 Å². The average molecular weight is 356 g/mol. The molecule has 3 rings (SSSR count). The van der Waals surface area contributed by atoms with Crippen molar-refractivity contribution in [2.45, 2.75) is 32.2 Å². The first-order valence-corrected chi connectivity index (χ1v) is 9.45. The standard InChI is InChI=1S/C19H20N2O3S/c1-12-5-4-6-17(9-12)25(23,24)20-11-16-10-15-8-7-13(2)14(3)18(15)21-19(16)22/h4-10,20H,11H2,1-3H3,(H,21,22). The van der Waals surface area contributed by atoms with Crippen LogP contribution in [0, 0.1) is 20.8 Å². The van der Waals surface area contributed by atoms with Crippen LogP contribution in [0.3, 0.4) is 0 Å². The van der Waals surface area contributed by atoms with Crippen molar-refractivity contribution in [3.05, 3.63) is 75.1 Å². The third kappa shape index (κ3) is 3.50. The third-order valence-electron chi connectivity index (χ3n) is 4.38. The molecule has 0 aliphatic carbocycles. The Hall–Kier alpha value is -2.44. The normalized spacial score (nSPS) is 11.8. The van der Waals surface area contributed by atoms with E-state index in [0.717, 1.165) is 27.6 Å². The first-order chi connectivity index (χ1) is 11.8. The van der Waals surface area contributed by atoms with Crippen LogP contribution >= 0.6 is 0 Å². The summed E-state index contributed by atoms with van der Waals surface area (Å²) in [4.78, 5) is 15.4. The molecule has 0 aliphatic rings. The molecule has 0 atom stereocenters. The number of rotatable bonds is 4. The predicted molar refractivity (Wildman–Crippen MR) is 99.2 cm³/mol. The Balaban J connectivity index is 1.92. The van der Waals surface area contributed by atoms with Crippen LogP contribution in [0.5, 0.6) is 0 Å². The minimum atomic E-state index is -3.67. The zero-order chi connectivity index (χ0) is 18.2. The second kappa shape index (κ2) is 6.46. The van der Waals surface area contributed by atoms with Crippen molar-refractivity contribution >= 4 is 20.9 Å². The average Bonchev–Trinajstić information content (AvgIpc) is 2.57. The summed E-state index contributed by atoms with van der Waals surface area (Å²) in [7, 11) is -3.67. The van der Waals surface area contributed by atoms with Crippen molar-refractivity contribution < 1.29 is 8.42 Å². The fourth-order valence-electron chi connectivity index (χ4n) is 2.74. The van der Waals surface area contributed by atoms with Crippen LogP contribution in [0.15, 0.2) is 52.2 Å². The number of fused-ring (bicyclic) bond motifs is 1.